The van der Waals surface area contributed by atoms with E-state index in [0.29, 0.717) is 28.9 Å². The quantitative estimate of drug-likeness (QED) is 0.408. The minimum absolute atomic E-state index is 0.170. The highest BCUT2D eigenvalue weighted by molar-refractivity contribution is 6.32. The number of nitrogens with one attached hydrogen (secondary N) is 1. The van der Waals surface area contributed by atoms with Gasteiger partial charge in [0.2, 0.25) is 0 Å². The summed E-state index contributed by atoms with van der Waals surface area (Å²) in [5.74, 6) is 1.39. The van der Waals surface area contributed by atoms with Crippen molar-refractivity contribution >= 4 is 23.3 Å². The summed E-state index contributed by atoms with van der Waals surface area (Å²) in [6.45, 7) is 4.76. The topological polar surface area (TPSA) is 69.3 Å². The van der Waals surface area contributed by atoms with Gasteiger partial charge in [-0.2, -0.15) is 5.10 Å². The summed E-state index contributed by atoms with van der Waals surface area (Å²) in [5, 5.41) is 7.69. The molecule has 7 heteroatoms. The van der Waals surface area contributed by atoms with Crippen LogP contribution in [0.3, 0.4) is 0 Å². The van der Waals surface area contributed by atoms with Crippen molar-refractivity contribution in [1.29, 1.82) is 0 Å². The lowest BCUT2D eigenvalue weighted by atomic mass is 10.1. The minimum Gasteiger partial charge on any atom is -0.484 e. The number of benzene rings is 2. The maximum atomic E-state index is 12.5. The highest BCUT2D eigenvalue weighted by atomic mass is 35.5. The van der Waals surface area contributed by atoms with Gasteiger partial charge in [0.05, 0.1) is 11.6 Å². The predicted octanol–water partition coefficient (Wildman–Crippen LogP) is 5.63. The zero-order chi connectivity index (χ0) is 21.8. The molecule has 31 heavy (non-hydrogen) atoms. The lowest BCUT2D eigenvalue weighted by Crippen LogP contribution is -2.12. The summed E-state index contributed by atoms with van der Waals surface area (Å²) in [6.07, 6.45) is 1.82. The molecule has 0 aliphatic rings. The molecular weight excluding hydrogens is 414 g/mol. The molecule has 1 amide bonds. The van der Waals surface area contributed by atoms with Gasteiger partial charge in [-0.3, -0.25) is 9.48 Å². The Labute approximate surface area is 185 Å². The first-order valence-electron chi connectivity index (χ1n) is 9.85. The first kappa shape index (κ1) is 20.8. The van der Waals surface area contributed by atoms with E-state index in [2.05, 4.69) is 29.5 Å². The van der Waals surface area contributed by atoms with Gasteiger partial charge in [0.1, 0.15) is 18.1 Å². The number of aromatic nitrogens is 2. The molecule has 0 saturated carbocycles. The molecule has 0 aliphatic carbocycles. The van der Waals surface area contributed by atoms with Crippen molar-refractivity contribution in [2.45, 2.75) is 27.0 Å². The van der Waals surface area contributed by atoms with E-state index >= 15 is 0 Å². The first-order chi connectivity index (χ1) is 15.0. The number of para-hydroxylation sites is 1. The van der Waals surface area contributed by atoms with Crippen LogP contribution in [0.4, 0.5) is 5.82 Å². The number of ether oxygens (including phenoxy) is 1. The van der Waals surface area contributed by atoms with Gasteiger partial charge in [-0.25, -0.2) is 0 Å². The van der Waals surface area contributed by atoms with Crippen molar-refractivity contribution in [1.82, 2.24) is 9.78 Å². The van der Waals surface area contributed by atoms with Crippen molar-refractivity contribution in [2.24, 2.45) is 0 Å². The van der Waals surface area contributed by atoms with Crippen LogP contribution in [0.1, 0.15) is 33.0 Å². The lowest BCUT2D eigenvalue weighted by molar-refractivity contribution is 0.0992. The summed E-state index contributed by atoms with van der Waals surface area (Å²) in [4.78, 5) is 12.5. The Morgan fingerprint density at radius 3 is 2.77 bits per heavy atom. The summed E-state index contributed by atoms with van der Waals surface area (Å²) >= 11 is 6.17. The smallest absolute Gasteiger partial charge is 0.292 e. The SMILES string of the molecule is Cc1cccc(Cn2ccc(NC(=O)c3ccc(COc4c(C)cccc4Cl)o3)n2)c1. The Hall–Kier alpha value is -3.51. The van der Waals surface area contributed by atoms with Gasteiger partial charge in [0.15, 0.2) is 11.6 Å². The number of amides is 1. The second kappa shape index (κ2) is 9.10. The van der Waals surface area contributed by atoms with Crippen molar-refractivity contribution in [3.63, 3.8) is 0 Å². The van der Waals surface area contributed by atoms with Crippen LogP contribution in [0.5, 0.6) is 5.75 Å². The molecule has 2 aromatic heterocycles. The number of carbonyl (C=O) groups is 1. The van der Waals surface area contributed by atoms with Gasteiger partial charge >= 0.3 is 0 Å². The maximum absolute atomic E-state index is 12.5. The van der Waals surface area contributed by atoms with Crippen LogP contribution in [0.15, 0.2) is 71.3 Å². The molecule has 0 spiro atoms. The summed E-state index contributed by atoms with van der Waals surface area (Å²) < 4.78 is 13.2. The molecule has 0 aliphatic heterocycles. The highest BCUT2D eigenvalue weighted by Crippen LogP contribution is 2.28. The number of hydrogen-bond acceptors (Lipinski definition) is 4. The van der Waals surface area contributed by atoms with Gasteiger partial charge < -0.3 is 14.5 Å². The van der Waals surface area contributed by atoms with Gasteiger partial charge in [0, 0.05) is 12.3 Å². The second-order valence-corrected chi connectivity index (χ2v) is 7.69. The molecule has 2 heterocycles. The molecule has 0 atom stereocenters. The van der Waals surface area contributed by atoms with Crippen LogP contribution in [0.2, 0.25) is 5.02 Å². The van der Waals surface area contributed by atoms with E-state index in [0.717, 1.165) is 11.1 Å². The van der Waals surface area contributed by atoms with Crippen LogP contribution in [-0.4, -0.2) is 15.7 Å². The van der Waals surface area contributed by atoms with E-state index < -0.39 is 0 Å². The summed E-state index contributed by atoms with van der Waals surface area (Å²) in [5.41, 5.74) is 3.27. The van der Waals surface area contributed by atoms with Gasteiger partial charge in [-0.05, 0) is 43.2 Å². The van der Waals surface area contributed by atoms with Crippen LogP contribution >= 0.6 is 11.6 Å². The zero-order valence-electron chi connectivity index (χ0n) is 17.3. The molecule has 158 valence electrons. The average molecular weight is 436 g/mol. The molecule has 4 rings (SSSR count). The summed E-state index contributed by atoms with van der Waals surface area (Å²) in [6, 6.07) is 18.8. The first-order valence-corrected chi connectivity index (χ1v) is 10.2. The Kier molecular flexibility index (Phi) is 6.09. The molecule has 0 unspecified atom stereocenters. The van der Waals surface area contributed by atoms with Gasteiger partial charge in [-0.1, -0.05) is 53.6 Å². The van der Waals surface area contributed by atoms with Crippen LogP contribution in [0, 0.1) is 13.8 Å². The van der Waals surface area contributed by atoms with Crippen molar-refractivity contribution in [2.75, 3.05) is 5.32 Å². The number of nitrogens with zero attached hydrogens (tertiary/aromatic N) is 2. The predicted molar refractivity (Wildman–Crippen MR) is 120 cm³/mol. The molecule has 6 nitrogen and oxygen atoms in total. The maximum Gasteiger partial charge on any atom is 0.292 e. The number of furan rings is 1. The van der Waals surface area contributed by atoms with E-state index in [-0.39, 0.29) is 18.3 Å². The zero-order valence-corrected chi connectivity index (χ0v) is 18.0. The van der Waals surface area contributed by atoms with Crippen LogP contribution < -0.4 is 10.1 Å². The standard InChI is InChI=1S/C24H22ClN3O3/c1-16-5-3-7-18(13-16)14-28-12-11-22(27-28)26-24(29)21-10-9-19(31-21)15-30-23-17(2)6-4-8-20(23)25/h3-13H,14-15H2,1-2H3,(H,26,27,29). The van der Waals surface area contributed by atoms with E-state index in [1.165, 1.54) is 5.56 Å². The average Bonchev–Trinajstić information content (AvgIpc) is 3.37. The molecule has 4 aromatic rings. The lowest BCUT2D eigenvalue weighted by Gasteiger charge is -2.09. The molecule has 0 saturated heterocycles. The molecule has 2 aromatic carbocycles. The minimum atomic E-state index is -0.374. The Morgan fingerprint density at radius 2 is 1.97 bits per heavy atom. The van der Waals surface area contributed by atoms with Crippen LogP contribution in [-0.2, 0) is 13.2 Å². The number of carbonyl (C=O) groups excluding carboxylic acids is 1. The normalized spacial score (nSPS) is 10.8. The Balaban J connectivity index is 1.35. The van der Waals surface area contributed by atoms with Crippen molar-refractivity contribution in [3.8, 4) is 5.75 Å². The van der Waals surface area contributed by atoms with Gasteiger partial charge in [-0.15, -0.1) is 0 Å². The molecule has 0 fully saturated rings. The second-order valence-electron chi connectivity index (χ2n) is 7.28. The number of hydrogen-bond donors (Lipinski definition) is 1. The fourth-order valence-electron chi connectivity index (χ4n) is 3.21. The molecule has 0 radical (unpaired) electrons. The van der Waals surface area contributed by atoms with Crippen molar-refractivity contribution in [3.05, 3.63) is 100 Å². The number of aryl methyl sites for hydroxylation is 2. The third kappa shape index (κ3) is 5.16. The van der Waals surface area contributed by atoms with Gasteiger partial charge in [0.25, 0.3) is 5.91 Å². The third-order valence-electron chi connectivity index (χ3n) is 4.72. The molecular formula is C24H22ClN3O3. The summed E-state index contributed by atoms with van der Waals surface area (Å²) in [7, 11) is 0. The largest absolute Gasteiger partial charge is 0.484 e. The fourth-order valence-corrected chi connectivity index (χ4v) is 3.49. The fraction of sp³-hybridized carbons (Fsp3) is 0.167. The third-order valence-corrected chi connectivity index (χ3v) is 5.02. The Bertz CT molecular complexity index is 1190. The Morgan fingerprint density at radius 1 is 1.13 bits per heavy atom. The number of anilines is 1. The molecule has 1 N–H and O–H groups in total. The van der Waals surface area contributed by atoms with Crippen molar-refractivity contribution < 1.29 is 13.9 Å². The van der Waals surface area contributed by atoms with E-state index in [1.54, 1.807) is 28.9 Å². The van der Waals surface area contributed by atoms with Crippen LogP contribution in [0.25, 0.3) is 0 Å². The van der Waals surface area contributed by atoms with E-state index in [9.17, 15) is 4.79 Å². The molecule has 0 bridgehead atoms. The number of rotatable bonds is 7. The van der Waals surface area contributed by atoms with E-state index in [4.69, 9.17) is 20.8 Å². The number of halogens is 1. The monoisotopic (exact) mass is 435 g/mol. The van der Waals surface area contributed by atoms with E-state index in [1.807, 2.05) is 37.4 Å². The highest BCUT2D eigenvalue weighted by Gasteiger charge is 2.14.